The molecule has 25 heavy (non-hydrogen) atoms. The first-order valence-corrected chi connectivity index (χ1v) is 8.64. The van der Waals surface area contributed by atoms with Gasteiger partial charge in [0.15, 0.2) is 11.5 Å². The normalized spacial score (nSPS) is 12.8. The molecular weight excluding hydrogens is 388 g/mol. The van der Waals surface area contributed by atoms with Gasteiger partial charge in [0.05, 0.1) is 19.8 Å². The Morgan fingerprint density at radius 1 is 1.04 bits per heavy atom. The van der Waals surface area contributed by atoms with E-state index in [-0.39, 0.29) is 18.4 Å². The number of hydrogen-bond donors (Lipinski definition) is 2. The van der Waals surface area contributed by atoms with E-state index < -0.39 is 0 Å². The van der Waals surface area contributed by atoms with Crippen LogP contribution in [-0.2, 0) is 4.79 Å². The van der Waals surface area contributed by atoms with Gasteiger partial charge in [-0.3, -0.25) is 9.59 Å². The van der Waals surface area contributed by atoms with E-state index in [1.54, 1.807) is 36.4 Å². The van der Waals surface area contributed by atoms with Gasteiger partial charge in [0.1, 0.15) is 0 Å². The molecule has 1 aliphatic heterocycles. The van der Waals surface area contributed by atoms with E-state index in [0.29, 0.717) is 36.0 Å². The van der Waals surface area contributed by atoms with E-state index in [0.717, 1.165) is 10.9 Å². The zero-order valence-electron chi connectivity index (χ0n) is 13.4. The minimum atomic E-state index is -0.321. The highest BCUT2D eigenvalue weighted by Gasteiger charge is 2.13. The Morgan fingerprint density at radius 3 is 2.64 bits per heavy atom. The Morgan fingerprint density at radius 2 is 1.84 bits per heavy atom. The summed E-state index contributed by atoms with van der Waals surface area (Å²) in [7, 11) is 0. The van der Waals surface area contributed by atoms with Crippen LogP contribution >= 0.6 is 15.9 Å². The number of rotatable bonds is 4. The van der Waals surface area contributed by atoms with E-state index in [1.165, 1.54) is 0 Å². The highest BCUT2D eigenvalue weighted by Crippen LogP contribution is 2.32. The molecule has 0 bridgehead atoms. The monoisotopic (exact) mass is 404 g/mol. The highest BCUT2D eigenvalue weighted by atomic mass is 79.9. The van der Waals surface area contributed by atoms with E-state index in [2.05, 4.69) is 26.6 Å². The van der Waals surface area contributed by atoms with Crippen LogP contribution < -0.4 is 20.1 Å². The van der Waals surface area contributed by atoms with Crippen LogP contribution in [-0.4, -0.2) is 31.6 Å². The first kappa shape index (κ1) is 17.3. The number of amides is 2. The molecule has 0 saturated heterocycles. The van der Waals surface area contributed by atoms with Gasteiger partial charge in [-0.05, 0) is 30.3 Å². The van der Waals surface area contributed by atoms with E-state index >= 15 is 0 Å². The van der Waals surface area contributed by atoms with Crippen molar-refractivity contribution in [2.45, 2.75) is 6.42 Å². The molecule has 0 aromatic heterocycles. The van der Waals surface area contributed by atoms with Gasteiger partial charge in [-0.15, -0.1) is 0 Å². The minimum Gasteiger partial charge on any atom is -0.490 e. The van der Waals surface area contributed by atoms with Crippen LogP contribution in [0.4, 0.5) is 5.69 Å². The molecular formula is C18H17BrN2O4. The highest BCUT2D eigenvalue weighted by molar-refractivity contribution is 9.10. The van der Waals surface area contributed by atoms with Crippen molar-refractivity contribution in [2.24, 2.45) is 0 Å². The number of hydrogen-bond acceptors (Lipinski definition) is 4. The lowest BCUT2D eigenvalue weighted by Crippen LogP contribution is -2.32. The first-order valence-electron chi connectivity index (χ1n) is 7.85. The Labute approximate surface area is 153 Å². The molecule has 7 heteroatoms. The average Bonchev–Trinajstić information content (AvgIpc) is 2.84. The summed E-state index contributed by atoms with van der Waals surface area (Å²) in [5, 5.41) is 5.32. The SMILES string of the molecule is O=C(CNC(=O)c1cccc(Br)c1)Nc1ccc2c(c1)OCCCO2. The quantitative estimate of drug-likeness (QED) is 0.820. The third kappa shape index (κ3) is 4.73. The van der Waals surface area contributed by atoms with Gasteiger partial charge >= 0.3 is 0 Å². The van der Waals surface area contributed by atoms with Gasteiger partial charge in [0, 0.05) is 28.2 Å². The molecule has 2 aromatic rings. The molecule has 0 unspecified atom stereocenters. The molecule has 0 saturated carbocycles. The molecule has 2 amide bonds. The number of fused-ring (bicyclic) bond motifs is 1. The predicted octanol–water partition coefficient (Wildman–Crippen LogP) is 2.98. The number of carbonyl (C=O) groups is 2. The van der Waals surface area contributed by atoms with Gasteiger partial charge in [-0.25, -0.2) is 0 Å². The minimum absolute atomic E-state index is 0.125. The van der Waals surface area contributed by atoms with E-state index in [9.17, 15) is 9.59 Å². The van der Waals surface area contributed by atoms with Gasteiger partial charge in [0.2, 0.25) is 5.91 Å². The number of halogens is 1. The molecule has 130 valence electrons. The largest absolute Gasteiger partial charge is 0.490 e. The number of nitrogens with one attached hydrogen (secondary N) is 2. The number of carbonyl (C=O) groups excluding carboxylic acids is 2. The summed E-state index contributed by atoms with van der Waals surface area (Å²) in [6.45, 7) is 1.06. The van der Waals surface area contributed by atoms with Gasteiger partial charge < -0.3 is 20.1 Å². The summed E-state index contributed by atoms with van der Waals surface area (Å²) in [5.41, 5.74) is 1.07. The van der Waals surface area contributed by atoms with Crippen molar-refractivity contribution >= 4 is 33.4 Å². The van der Waals surface area contributed by atoms with E-state index in [1.807, 2.05) is 6.07 Å². The summed E-state index contributed by atoms with van der Waals surface area (Å²) >= 11 is 3.31. The summed E-state index contributed by atoms with van der Waals surface area (Å²) in [5.74, 6) is 0.639. The van der Waals surface area contributed by atoms with Gasteiger partial charge in [-0.2, -0.15) is 0 Å². The van der Waals surface area contributed by atoms with Crippen molar-refractivity contribution in [1.82, 2.24) is 5.32 Å². The van der Waals surface area contributed by atoms with Crippen molar-refractivity contribution in [3.8, 4) is 11.5 Å². The summed E-state index contributed by atoms with van der Waals surface area (Å²) in [6, 6.07) is 12.2. The summed E-state index contributed by atoms with van der Waals surface area (Å²) in [4.78, 5) is 24.1. The van der Waals surface area contributed by atoms with Crippen molar-refractivity contribution in [2.75, 3.05) is 25.1 Å². The van der Waals surface area contributed by atoms with Crippen LogP contribution in [0.15, 0.2) is 46.9 Å². The summed E-state index contributed by atoms with van der Waals surface area (Å²) < 4.78 is 11.9. The second-order valence-electron chi connectivity index (χ2n) is 5.45. The molecule has 3 rings (SSSR count). The Kier molecular flexibility index (Phi) is 5.55. The van der Waals surface area contributed by atoms with Crippen molar-refractivity contribution in [1.29, 1.82) is 0 Å². The smallest absolute Gasteiger partial charge is 0.251 e. The summed E-state index contributed by atoms with van der Waals surface area (Å²) in [6.07, 6.45) is 0.817. The van der Waals surface area contributed by atoms with E-state index in [4.69, 9.17) is 9.47 Å². The van der Waals surface area contributed by atoms with Crippen molar-refractivity contribution in [3.63, 3.8) is 0 Å². The zero-order chi connectivity index (χ0) is 17.6. The topological polar surface area (TPSA) is 76.7 Å². The molecule has 1 aliphatic rings. The van der Waals surface area contributed by atoms with Crippen molar-refractivity contribution in [3.05, 3.63) is 52.5 Å². The second kappa shape index (κ2) is 8.02. The maximum absolute atomic E-state index is 12.0. The zero-order valence-corrected chi connectivity index (χ0v) is 15.0. The fourth-order valence-electron chi connectivity index (χ4n) is 2.34. The molecule has 0 aliphatic carbocycles. The van der Waals surface area contributed by atoms with Crippen LogP contribution in [0, 0.1) is 0 Å². The standard InChI is InChI=1S/C18H17BrN2O4/c19-13-4-1-3-12(9-13)18(23)20-11-17(22)21-14-5-6-15-16(10-14)25-8-2-7-24-15/h1,3-6,9-10H,2,7-8,11H2,(H,20,23)(H,21,22). The van der Waals surface area contributed by atoms with Crippen LogP contribution in [0.3, 0.4) is 0 Å². The lowest BCUT2D eigenvalue weighted by atomic mass is 10.2. The van der Waals surface area contributed by atoms with Gasteiger partial charge in [0.25, 0.3) is 5.91 Å². The first-order chi connectivity index (χ1) is 12.1. The van der Waals surface area contributed by atoms with Crippen LogP contribution in [0.2, 0.25) is 0 Å². The van der Waals surface area contributed by atoms with Crippen LogP contribution in [0.1, 0.15) is 16.8 Å². The van der Waals surface area contributed by atoms with Crippen LogP contribution in [0.5, 0.6) is 11.5 Å². The molecule has 6 nitrogen and oxygen atoms in total. The molecule has 0 atom stereocenters. The molecule has 0 fully saturated rings. The predicted molar refractivity (Wildman–Crippen MR) is 97.2 cm³/mol. The van der Waals surface area contributed by atoms with Crippen molar-refractivity contribution < 1.29 is 19.1 Å². The number of ether oxygens (including phenoxy) is 2. The Bertz CT molecular complexity index is 794. The number of benzene rings is 2. The second-order valence-corrected chi connectivity index (χ2v) is 6.37. The van der Waals surface area contributed by atoms with Crippen LogP contribution in [0.25, 0.3) is 0 Å². The maximum Gasteiger partial charge on any atom is 0.251 e. The molecule has 2 aromatic carbocycles. The third-order valence-corrected chi connectivity index (χ3v) is 4.02. The molecule has 0 spiro atoms. The molecule has 0 radical (unpaired) electrons. The lowest BCUT2D eigenvalue weighted by Gasteiger charge is -2.11. The average molecular weight is 405 g/mol. The fraction of sp³-hybridized carbons (Fsp3) is 0.222. The van der Waals surface area contributed by atoms with Gasteiger partial charge in [-0.1, -0.05) is 22.0 Å². The number of anilines is 1. The Balaban J connectivity index is 1.56. The Hall–Kier alpha value is -2.54. The molecule has 2 N–H and O–H groups in total. The maximum atomic E-state index is 12.0. The molecule has 1 heterocycles. The fourth-order valence-corrected chi connectivity index (χ4v) is 2.74. The lowest BCUT2D eigenvalue weighted by molar-refractivity contribution is -0.115. The third-order valence-electron chi connectivity index (χ3n) is 3.53.